The van der Waals surface area contributed by atoms with Crippen LogP contribution < -0.4 is 5.14 Å². The molecule has 0 radical (unpaired) electrons. The standard InChI is InChI=1S/C35H32N4O3S3/c1-21-17-24(9-16-32(21)45(36)42)19-28-30(14-8-22-5-6-22)39(35-37-29(20-43-35)34(40)41)38-33(28)26-4-2-3-23(18-26)7-12-27-13-15-31(44-27)25-10-11-25/h2-4,9,13,15-18,20,22,25H,5-6,8,10-11,14,19,36H2,1H3,(H,40,41). The van der Waals surface area contributed by atoms with Crippen LogP contribution in [0.3, 0.4) is 0 Å². The second-order valence-corrected chi connectivity index (χ2v) is 14.9. The first kappa shape index (κ1) is 30.0. The smallest absolute Gasteiger partial charge is 0.355 e. The predicted molar refractivity (Wildman–Crippen MR) is 180 cm³/mol. The number of aromatic carboxylic acids is 1. The van der Waals surface area contributed by atoms with Gasteiger partial charge in [-0.2, -0.15) is 5.10 Å². The normalized spacial score (nSPS) is 15.1. The van der Waals surface area contributed by atoms with Gasteiger partial charge in [0.2, 0.25) is 5.13 Å². The molecule has 3 aromatic heterocycles. The summed E-state index contributed by atoms with van der Waals surface area (Å²) in [6, 6.07) is 18.3. The number of nitrogens with two attached hydrogens (primary N) is 1. The van der Waals surface area contributed by atoms with Crippen molar-refractivity contribution in [3.63, 3.8) is 0 Å². The number of thiophene rings is 1. The minimum Gasteiger partial charge on any atom is -0.593 e. The zero-order valence-electron chi connectivity index (χ0n) is 24.8. The average Bonchev–Trinajstić information content (AvgIpc) is 3.91. The van der Waals surface area contributed by atoms with Gasteiger partial charge in [-0.25, -0.2) is 14.5 Å². The first-order valence-corrected chi connectivity index (χ1v) is 18.0. The van der Waals surface area contributed by atoms with E-state index in [0.29, 0.717) is 22.4 Å². The Kier molecular flexibility index (Phi) is 8.38. The second-order valence-electron chi connectivity index (χ2n) is 11.9. The van der Waals surface area contributed by atoms with Crippen molar-refractivity contribution in [3.8, 4) is 28.2 Å². The first-order chi connectivity index (χ1) is 21.8. The molecular weight excluding hydrogens is 621 g/mol. The van der Waals surface area contributed by atoms with E-state index in [1.165, 1.54) is 41.9 Å². The Morgan fingerprint density at radius 1 is 1.13 bits per heavy atom. The third kappa shape index (κ3) is 6.78. The summed E-state index contributed by atoms with van der Waals surface area (Å²) in [5.41, 5.74) is 6.73. The summed E-state index contributed by atoms with van der Waals surface area (Å²) in [6.07, 6.45) is 7.47. The van der Waals surface area contributed by atoms with Crippen molar-refractivity contribution in [3.05, 3.63) is 103 Å². The molecule has 0 amide bonds. The minimum atomic E-state index is -1.56. The fourth-order valence-corrected chi connectivity index (χ4v) is 8.04. The average molecular weight is 653 g/mol. The SMILES string of the molecule is Cc1cc(Cc2c(-c3cccc(C#Cc4ccc(C5CC5)s4)c3)nn(-c3nc(C(=O)O)cs3)c2CCC2CC2)ccc1[S+](N)[O-]. The Labute approximate surface area is 273 Å². The number of hydrogen-bond acceptors (Lipinski definition) is 7. The number of aromatic nitrogens is 3. The van der Waals surface area contributed by atoms with Crippen LogP contribution in [0.2, 0.25) is 0 Å². The van der Waals surface area contributed by atoms with Crippen molar-refractivity contribution in [2.24, 2.45) is 11.1 Å². The number of nitrogens with zero attached hydrogens (tertiary/aromatic N) is 3. The third-order valence-electron chi connectivity index (χ3n) is 8.38. The van der Waals surface area contributed by atoms with E-state index >= 15 is 0 Å². The van der Waals surface area contributed by atoms with Crippen LogP contribution in [0.4, 0.5) is 0 Å². The maximum absolute atomic E-state index is 12.0. The zero-order chi connectivity index (χ0) is 31.1. The fraction of sp³-hybridized carbons (Fsp3) is 0.286. The largest absolute Gasteiger partial charge is 0.593 e. The molecule has 5 aromatic rings. The Balaban J connectivity index is 1.31. The molecule has 0 saturated heterocycles. The molecule has 0 spiro atoms. The van der Waals surface area contributed by atoms with Gasteiger partial charge < -0.3 is 9.66 Å². The number of carboxylic acids is 1. The van der Waals surface area contributed by atoms with Crippen LogP contribution in [0, 0.1) is 24.7 Å². The van der Waals surface area contributed by atoms with E-state index in [1.54, 1.807) is 16.7 Å². The summed E-state index contributed by atoms with van der Waals surface area (Å²) in [5.74, 6) is 7.09. The van der Waals surface area contributed by atoms with Gasteiger partial charge in [0.05, 0.1) is 27.6 Å². The molecule has 10 heteroatoms. The van der Waals surface area contributed by atoms with Crippen LogP contribution in [-0.2, 0) is 24.2 Å². The molecule has 2 aromatic carbocycles. The van der Waals surface area contributed by atoms with Gasteiger partial charge in [-0.3, -0.25) is 0 Å². The zero-order valence-corrected chi connectivity index (χ0v) is 27.2. The molecule has 0 aliphatic heterocycles. The molecule has 0 bridgehead atoms. The molecule has 2 aliphatic rings. The van der Waals surface area contributed by atoms with Crippen molar-refractivity contribution >= 4 is 40.0 Å². The molecule has 3 N–H and O–H groups in total. The van der Waals surface area contributed by atoms with Crippen LogP contribution in [0.15, 0.2) is 64.9 Å². The molecule has 7 rings (SSSR count). The monoisotopic (exact) mass is 652 g/mol. The molecule has 1 atom stereocenters. The van der Waals surface area contributed by atoms with Gasteiger partial charge in [0.15, 0.2) is 10.6 Å². The Morgan fingerprint density at radius 3 is 2.69 bits per heavy atom. The Bertz CT molecular complexity index is 1950. The minimum absolute atomic E-state index is 0.0124. The maximum Gasteiger partial charge on any atom is 0.355 e. The number of carbonyl (C=O) groups is 1. The summed E-state index contributed by atoms with van der Waals surface area (Å²) in [7, 11) is 0. The van der Waals surface area contributed by atoms with E-state index < -0.39 is 17.3 Å². The van der Waals surface area contributed by atoms with E-state index in [4.69, 9.17) is 10.2 Å². The van der Waals surface area contributed by atoms with Crippen molar-refractivity contribution in [1.29, 1.82) is 0 Å². The third-order valence-corrected chi connectivity index (χ3v) is 11.2. The van der Waals surface area contributed by atoms with Gasteiger partial charge in [-0.15, -0.1) is 27.8 Å². The lowest BCUT2D eigenvalue weighted by Gasteiger charge is -2.11. The number of carboxylic acid groups (broad SMARTS) is 1. The van der Waals surface area contributed by atoms with E-state index in [2.05, 4.69) is 41.1 Å². The lowest BCUT2D eigenvalue weighted by molar-refractivity contribution is 0.0691. The van der Waals surface area contributed by atoms with Crippen LogP contribution in [0.1, 0.15) is 86.2 Å². The van der Waals surface area contributed by atoms with Gasteiger partial charge in [0.25, 0.3) is 0 Å². The van der Waals surface area contributed by atoms with Gasteiger partial charge in [0.1, 0.15) is 0 Å². The van der Waals surface area contributed by atoms with E-state index in [1.807, 2.05) is 41.9 Å². The topological polar surface area (TPSA) is 117 Å². The molecule has 2 fully saturated rings. The summed E-state index contributed by atoms with van der Waals surface area (Å²) in [6.45, 7) is 1.92. The highest BCUT2D eigenvalue weighted by molar-refractivity contribution is 7.89. The molecule has 1 unspecified atom stereocenters. The lowest BCUT2D eigenvalue weighted by Crippen LogP contribution is -2.13. The molecule has 45 heavy (non-hydrogen) atoms. The van der Waals surface area contributed by atoms with Crippen molar-refractivity contribution in [1.82, 2.24) is 14.8 Å². The van der Waals surface area contributed by atoms with Gasteiger partial charge in [0, 0.05) is 38.9 Å². The lowest BCUT2D eigenvalue weighted by atomic mass is 9.95. The van der Waals surface area contributed by atoms with E-state index in [0.717, 1.165) is 62.8 Å². The number of thiazole rings is 1. The van der Waals surface area contributed by atoms with Crippen LogP contribution in [0.5, 0.6) is 0 Å². The molecule has 2 aliphatic carbocycles. The Morgan fingerprint density at radius 2 is 1.98 bits per heavy atom. The predicted octanol–water partition coefficient (Wildman–Crippen LogP) is 7.26. The van der Waals surface area contributed by atoms with Crippen LogP contribution in [0.25, 0.3) is 16.4 Å². The Hall–Kier alpha value is -3.72. The van der Waals surface area contributed by atoms with E-state index in [9.17, 15) is 14.5 Å². The van der Waals surface area contributed by atoms with Crippen molar-refractivity contribution in [2.75, 3.05) is 0 Å². The summed E-state index contributed by atoms with van der Waals surface area (Å²) >= 11 is 1.51. The number of aryl methyl sites for hydroxylation is 1. The summed E-state index contributed by atoms with van der Waals surface area (Å²) in [4.78, 5) is 19.3. The maximum atomic E-state index is 12.0. The highest BCUT2D eigenvalue weighted by Gasteiger charge is 2.27. The molecular formula is C35H32N4O3S3. The van der Waals surface area contributed by atoms with Gasteiger partial charge in [-0.05, 0) is 80.3 Å². The van der Waals surface area contributed by atoms with Crippen molar-refractivity contribution in [2.45, 2.75) is 62.7 Å². The van der Waals surface area contributed by atoms with Crippen molar-refractivity contribution < 1.29 is 14.5 Å². The van der Waals surface area contributed by atoms with Gasteiger partial charge >= 0.3 is 5.97 Å². The highest BCUT2D eigenvalue weighted by Crippen LogP contribution is 2.43. The fourth-order valence-electron chi connectivity index (χ4n) is 5.66. The number of hydrogen-bond donors (Lipinski definition) is 2. The number of benzene rings is 2. The summed E-state index contributed by atoms with van der Waals surface area (Å²) in [5, 5.41) is 22.5. The van der Waals surface area contributed by atoms with E-state index in [-0.39, 0.29) is 5.69 Å². The van der Waals surface area contributed by atoms with Crippen LogP contribution in [-0.4, -0.2) is 30.4 Å². The van der Waals surface area contributed by atoms with Gasteiger partial charge in [-0.1, -0.05) is 48.9 Å². The molecule has 228 valence electrons. The molecule has 7 nitrogen and oxygen atoms in total. The second kappa shape index (κ2) is 12.6. The first-order valence-electron chi connectivity index (χ1n) is 15.1. The summed E-state index contributed by atoms with van der Waals surface area (Å²) < 4.78 is 13.9. The van der Waals surface area contributed by atoms with Crippen LogP contribution >= 0.6 is 22.7 Å². The number of rotatable bonds is 10. The quantitative estimate of drug-likeness (QED) is 0.121. The highest BCUT2D eigenvalue weighted by atomic mass is 32.2. The molecule has 2 saturated carbocycles. The molecule has 3 heterocycles.